The molecule has 5 nitrogen and oxygen atoms in total. The van der Waals surface area contributed by atoms with Crippen molar-refractivity contribution in [3.63, 3.8) is 0 Å². The Kier molecular flexibility index (Phi) is 7.03. The minimum atomic E-state index is -3.57. The lowest BCUT2D eigenvalue weighted by molar-refractivity contribution is 0.0951. The maximum atomic E-state index is 12.9. The molecule has 0 saturated heterocycles. The molecule has 30 heavy (non-hydrogen) atoms. The Balaban J connectivity index is 1.66. The first-order valence-electron chi connectivity index (χ1n) is 9.88. The number of carbonyl (C=O) groups is 1. The fourth-order valence-electron chi connectivity index (χ4n) is 3.16. The summed E-state index contributed by atoms with van der Waals surface area (Å²) in [5.74, 6) is -0.158. The number of aryl methyl sites for hydroxylation is 1. The van der Waals surface area contributed by atoms with E-state index in [1.54, 1.807) is 54.6 Å². The highest BCUT2D eigenvalue weighted by atomic mass is 32.2. The zero-order chi connectivity index (χ0) is 21.6. The van der Waals surface area contributed by atoms with Crippen molar-refractivity contribution in [3.05, 3.63) is 101 Å². The van der Waals surface area contributed by atoms with Crippen LogP contribution in [0.1, 0.15) is 34.0 Å². The SMILES string of the molecule is CCN(Cc1ccc(C(=O)NCc2ccccc2C)cc1)S(=O)(=O)c1ccccc1. The van der Waals surface area contributed by atoms with Gasteiger partial charge in [-0.05, 0) is 47.9 Å². The van der Waals surface area contributed by atoms with Crippen molar-refractivity contribution in [1.82, 2.24) is 9.62 Å². The Labute approximate surface area is 178 Å². The van der Waals surface area contributed by atoms with Crippen molar-refractivity contribution in [1.29, 1.82) is 0 Å². The Bertz CT molecular complexity index is 1090. The highest BCUT2D eigenvalue weighted by Crippen LogP contribution is 2.18. The quantitative estimate of drug-likeness (QED) is 0.593. The molecule has 0 radical (unpaired) electrons. The second kappa shape index (κ2) is 9.69. The third-order valence-electron chi connectivity index (χ3n) is 5.01. The van der Waals surface area contributed by atoms with E-state index >= 15 is 0 Å². The van der Waals surface area contributed by atoms with Gasteiger partial charge in [0.05, 0.1) is 4.90 Å². The van der Waals surface area contributed by atoms with Gasteiger partial charge in [-0.25, -0.2) is 8.42 Å². The van der Waals surface area contributed by atoms with E-state index < -0.39 is 10.0 Å². The second-order valence-corrected chi connectivity index (χ2v) is 8.99. The van der Waals surface area contributed by atoms with Crippen LogP contribution in [0.2, 0.25) is 0 Å². The van der Waals surface area contributed by atoms with Crippen LogP contribution < -0.4 is 5.32 Å². The summed E-state index contributed by atoms with van der Waals surface area (Å²) in [6.45, 7) is 4.90. The molecule has 3 aromatic carbocycles. The second-order valence-electron chi connectivity index (χ2n) is 7.05. The molecule has 0 aliphatic carbocycles. The Morgan fingerprint density at radius 3 is 2.17 bits per heavy atom. The van der Waals surface area contributed by atoms with Crippen LogP contribution in [0.15, 0.2) is 83.8 Å². The Morgan fingerprint density at radius 1 is 0.900 bits per heavy atom. The summed E-state index contributed by atoms with van der Waals surface area (Å²) in [4.78, 5) is 12.7. The highest BCUT2D eigenvalue weighted by molar-refractivity contribution is 7.89. The van der Waals surface area contributed by atoms with Gasteiger partial charge < -0.3 is 5.32 Å². The number of hydrogen-bond acceptors (Lipinski definition) is 3. The minimum absolute atomic E-state index is 0.158. The van der Waals surface area contributed by atoms with Gasteiger partial charge in [-0.1, -0.05) is 61.5 Å². The van der Waals surface area contributed by atoms with Crippen molar-refractivity contribution >= 4 is 15.9 Å². The average Bonchev–Trinajstić information content (AvgIpc) is 2.77. The number of carbonyl (C=O) groups excluding carboxylic acids is 1. The number of nitrogens with one attached hydrogen (secondary N) is 1. The van der Waals surface area contributed by atoms with E-state index in [1.165, 1.54) is 4.31 Å². The average molecular weight is 423 g/mol. The minimum Gasteiger partial charge on any atom is -0.348 e. The van der Waals surface area contributed by atoms with Crippen molar-refractivity contribution < 1.29 is 13.2 Å². The van der Waals surface area contributed by atoms with Crippen molar-refractivity contribution in [2.24, 2.45) is 0 Å². The van der Waals surface area contributed by atoms with Gasteiger partial charge in [0.1, 0.15) is 0 Å². The van der Waals surface area contributed by atoms with Gasteiger partial charge in [0, 0.05) is 25.2 Å². The van der Waals surface area contributed by atoms with Crippen LogP contribution in [-0.4, -0.2) is 25.2 Å². The number of nitrogens with zero attached hydrogens (tertiary/aromatic N) is 1. The van der Waals surface area contributed by atoms with Crippen LogP contribution in [0.5, 0.6) is 0 Å². The first kappa shape index (κ1) is 21.7. The van der Waals surface area contributed by atoms with E-state index in [0.29, 0.717) is 18.7 Å². The number of amides is 1. The van der Waals surface area contributed by atoms with Gasteiger partial charge in [0.25, 0.3) is 5.91 Å². The molecule has 0 spiro atoms. The summed E-state index contributed by atoms with van der Waals surface area (Å²) in [5, 5.41) is 2.93. The molecule has 0 heterocycles. The maximum absolute atomic E-state index is 12.9. The molecule has 0 atom stereocenters. The maximum Gasteiger partial charge on any atom is 0.251 e. The van der Waals surface area contributed by atoms with E-state index in [0.717, 1.165) is 16.7 Å². The molecule has 3 rings (SSSR count). The summed E-state index contributed by atoms with van der Waals surface area (Å²) >= 11 is 0. The van der Waals surface area contributed by atoms with Gasteiger partial charge in [-0.15, -0.1) is 0 Å². The van der Waals surface area contributed by atoms with Gasteiger partial charge in [0.15, 0.2) is 0 Å². The van der Waals surface area contributed by atoms with Crippen molar-refractivity contribution in [3.8, 4) is 0 Å². The first-order chi connectivity index (χ1) is 14.4. The predicted octanol–water partition coefficient (Wildman–Crippen LogP) is 4.14. The molecule has 156 valence electrons. The third kappa shape index (κ3) is 5.14. The predicted molar refractivity (Wildman–Crippen MR) is 119 cm³/mol. The largest absolute Gasteiger partial charge is 0.348 e. The molecule has 0 aliphatic rings. The summed E-state index contributed by atoms with van der Waals surface area (Å²) in [7, 11) is -3.57. The molecule has 6 heteroatoms. The smallest absolute Gasteiger partial charge is 0.251 e. The zero-order valence-corrected chi connectivity index (χ0v) is 18.0. The summed E-state index contributed by atoms with van der Waals surface area (Å²) in [5.41, 5.74) is 3.58. The lowest BCUT2D eigenvalue weighted by Crippen LogP contribution is -2.30. The fourth-order valence-corrected chi connectivity index (χ4v) is 4.62. The van der Waals surface area contributed by atoms with Crippen LogP contribution in [0.3, 0.4) is 0 Å². The molecule has 0 aliphatic heterocycles. The van der Waals surface area contributed by atoms with Crippen LogP contribution in [0.4, 0.5) is 0 Å². The number of sulfonamides is 1. The van der Waals surface area contributed by atoms with E-state index in [2.05, 4.69) is 5.32 Å². The Morgan fingerprint density at radius 2 is 1.53 bits per heavy atom. The first-order valence-corrected chi connectivity index (χ1v) is 11.3. The van der Waals surface area contributed by atoms with Gasteiger partial charge in [-0.3, -0.25) is 4.79 Å². The topological polar surface area (TPSA) is 66.5 Å². The summed E-state index contributed by atoms with van der Waals surface area (Å²) < 4.78 is 27.1. The van der Waals surface area contributed by atoms with Crippen molar-refractivity contribution in [2.45, 2.75) is 31.8 Å². The molecule has 0 bridgehead atoms. The number of rotatable bonds is 8. The molecule has 1 amide bonds. The van der Waals surface area contributed by atoms with Gasteiger partial charge >= 0.3 is 0 Å². The summed E-state index contributed by atoms with van der Waals surface area (Å²) in [6.07, 6.45) is 0. The standard InChI is InChI=1S/C24H26N2O3S/c1-3-26(30(28,29)23-11-5-4-6-12-23)18-20-13-15-21(16-14-20)24(27)25-17-22-10-8-7-9-19(22)2/h4-16H,3,17-18H2,1-2H3,(H,25,27). The molecule has 3 aromatic rings. The zero-order valence-electron chi connectivity index (χ0n) is 17.2. The highest BCUT2D eigenvalue weighted by Gasteiger charge is 2.22. The lowest BCUT2D eigenvalue weighted by Gasteiger charge is -2.20. The fraction of sp³-hybridized carbons (Fsp3) is 0.208. The molecular weight excluding hydrogens is 396 g/mol. The third-order valence-corrected chi connectivity index (χ3v) is 6.94. The molecule has 0 fully saturated rings. The van der Waals surface area contributed by atoms with E-state index in [4.69, 9.17) is 0 Å². The Hall–Kier alpha value is -2.96. The number of hydrogen-bond donors (Lipinski definition) is 1. The monoisotopic (exact) mass is 422 g/mol. The molecule has 0 aromatic heterocycles. The van der Waals surface area contributed by atoms with E-state index in [1.807, 2.05) is 38.1 Å². The van der Waals surface area contributed by atoms with Crippen LogP contribution in [0, 0.1) is 6.92 Å². The van der Waals surface area contributed by atoms with E-state index in [9.17, 15) is 13.2 Å². The van der Waals surface area contributed by atoms with Crippen LogP contribution in [0.25, 0.3) is 0 Å². The van der Waals surface area contributed by atoms with E-state index in [-0.39, 0.29) is 17.3 Å². The summed E-state index contributed by atoms with van der Waals surface area (Å²) in [6, 6.07) is 23.4. The number of benzene rings is 3. The molecule has 0 saturated carbocycles. The normalized spacial score (nSPS) is 11.4. The molecular formula is C24H26N2O3S. The van der Waals surface area contributed by atoms with Crippen molar-refractivity contribution in [2.75, 3.05) is 6.54 Å². The molecule has 1 N–H and O–H groups in total. The molecule has 0 unspecified atom stereocenters. The van der Waals surface area contributed by atoms with Gasteiger partial charge in [0.2, 0.25) is 10.0 Å². The van der Waals surface area contributed by atoms with Crippen LogP contribution in [-0.2, 0) is 23.1 Å². The van der Waals surface area contributed by atoms with Gasteiger partial charge in [-0.2, -0.15) is 4.31 Å². The van der Waals surface area contributed by atoms with Crippen LogP contribution >= 0.6 is 0 Å². The lowest BCUT2D eigenvalue weighted by atomic mass is 10.1.